The fourth-order valence-electron chi connectivity index (χ4n) is 2.07. The molecule has 1 aliphatic heterocycles. The van der Waals surface area contributed by atoms with E-state index in [1.165, 1.54) is 0 Å². The highest BCUT2D eigenvalue weighted by Gasteiger charge is 2.22. The molecule has 0 saturated carbocycles. The quantitative estimate of drug-likeness (QED) is 0.667. The first kappa shape index (κ1) is 8.91. The van der Waals surface area contributed by atoms with Crippen LogP contribution in [0, 0.1) is 0 Å². The fourth-order valence-corrected chi connectivity index (χ4v) is 3.36. The van der Waals surface area contributed by atoms with Crippen molar-refractivity contribution in [3.8, 4) is 0 Å². The first-order valence-corrected chi connectivity index (χ1v) is 6.60. The number of pyridine rings is 1. The normalized spacial score (nSPS) is 18.9. The summed E-state index contributed by atoms with van der Waals surface area (Å²) in [5, 5.41) is 1.07. The molecule has 0 amide bonds. The summed E-state index contributed by atoms with van der Waals surface area (Å²) in [6.07, 6.45) is 3.51. The van der Waals surface area contributed by atoms with E-state index in [-0.39, 0.29) is 11.5 Å². The number of hydrogen-bond donors (Lipinski definition) is 0. The standard InChI is InChI=1S/C10H10N2O2S/c13-15(14)4-3-12-9(7-15)5-8-1-2-11-6-10(8)12/h1-2,5-6H,3-4,7H2. The Morgan fingerprint density at radius 3 is 3.13 bits per heavy atom. The van der Waals surface area contributed by atoms with E-state index in [1.54, 1.807) is 12.4 Å². The molecular formula is C10H10N2O2S. The molecule has 4 nitrogen and oxygen atoms in total. The summed E-state index contributed by atoms with van der Waals surface area (Å²) in [5.41, 5.74) is 1.91. The Bertz CT molecular complexity index is 628. The van der Waals surface area contributed by atoms with Crippen molar-refractivity contribution in [2.45, 2.75) is 12.3 Å². The third kappa shape index (κ3) is 1.34. The zero-order chi connectivity index (χ0) is 10.5. The van der Waals surface area contributed by atoms with Gasteiger partial charge in [-0.05, 0) is 12.1 Å². The van der Waals surface area contributed by atoms with Crippen molar-refractivity contribution in [1.82, 2.24) is 9.55 Å². The van der Waals surface area contributed by atoms with Gasteiger partial charge < -0.3 is 4.57 Å². The average Bonchev–Trinajstić information content (AvgIpc) is 2.52. The van der Waals surface area contributed by atoms with E-state index in [0.717, 1.165) is 16.6 Å². The third-order valence-corrected chi connectivity index (χ3v) is 4.33. The van der Waals surface area contributed by atoms with Crippen LogP contribution in [0.25, 0.3) is 10.9 Å². The Hall–Kier alpha value is -1.36. The Morgan fingerprint density at radius 1 is 1.40 bits per heavy atom. The van der Waals surface area contributed by atoms with Crippen LogP contribution in [-0.4, -0.2) is 23.7 Å². The lowest BCUT2D eigenvalue weighted by atomic mass is 10.3. The summed E-state index contributed by atoms with van der Waals surface area (Å²) in [6, 6.07) is 3.85. The van der Waals surface area contributed by atoms with E-state index in [0.29, 0.717) is 6.54 Å². The Labute approximate surface area is 87.5 Å². The Balaban J connectivity index is 2.29. The molecule has 0 aliphatic carbocycles. The van der Waals surface area contributed by atoms with Crippen LogP contribution in [0.15, 0.2) is 24.5 Å². The number of sulfone groups is 1. The molecular weight excluding hydrogens is 212 g/mol. The van der Waals surface area contributed by atoms with Gasteiger partial charge in [0.05, 0.1) is 23.2 Å². The number of fused-ring (bicyclic) bond motifs is 3. The van der Waals surface area contributed by atoms with Crippen molar-refractivity contribution in [2.75, 3.05) is 5.75 Å². The minimum atomic E-state index is -2.89. The second-order valence-corrected chi connectivity index (χ2v) is 6.00. The lowest BCUT2D eigenvalue weighted by molar-refractivity contribution is 0.577. The van der Waals surface area contributed by atoms with Crippen molar-refractivity contribution in [3.05, 3.63) is 30.2 Å². The molecule has 1 aliphatic rings. The molecule has 0 N–H and O–H groups in total. The molecule has 0 spiro atoms. The molecule has 0 fully saturated rings. The highest BCUT2D eigenvalue weighted by atomic mass is 32.2. The van der Waals surface area contributed by atoms with Crippen molar-refractivity contribution < 1.29 is 8.42 Å². The van der Waals surface area contributed by atoms with E-state index in [4.69, 9.17) is 0 Å². The first-order chi connectivity index (χ1) is 7.16. The minimum Gasteiger partial charge on any atom is -0.341 e. The van der Waals surface area contributed by atoms with Gasteiger partial charge in [-0.3, -0.25) is 4.98 Å². The lowest BCUT2D eigenvalue weighted by Crippen LogP contribution is -2.23. The highest BCUT2D eigenvalue weighted by Crippen LogP contribution is 2.24. The minimum absolute atomic E-state index is 0.154. The van der Waals surface area contributed by atoms with Crippen molar-refractivity contribution in [1.29, 1.82) is 0 Å². The molecule has 2 aromatic rings. The van der Waals surface area contributed by atoms with Crippen molar-refractivity contribution >= 4 is 20.7 Å². The predicted molar refractivity (Wildman–Crippen MR) is 57.2 cm³/mol. The van der Waals surface area contributed by atoms with Crippen LogP contribution in [0.5, 0.6) is 0 Å². The number of aryl methyl sites for hydroxylation is 1. The Morgan fingerprint density at radius 2 is 2.27 bits per heavy atom. The smallest absolute Gasteiger partial charge is 0.157 e. The van der Waals surface area contributed by atoms with Crippen LogP contribution in [0.4, 0.5) is 0 Å². The molecule has 0 radical (unpaired) electrons. The molecule has 3 rings (SSSR count). The summed E-state index contributed by atoms with van der Waals surface area (Å²) in [5.74, 6) is 0.389. The van der Waals surface area contributed by atoms with Crippen LogP contribution in [0.1, 0.15) is 5.69 Å². The summed E-state index contributed by atoms with van der Waals surface area (Å²) >= 11 is 0. The summed E-state index contributed by atoms with van der Waals surface area (Å²) in [6.45, 7) is 0.548. The van der Waals surface area contributed by atoms with Gasteiger partial charge in [-0.1, -0.05) is 0 Å². The lowest BCUT2D eigenvalue weighted by Gasteiger charge is -2.16. The first-order valence-electron chi connectivity index (χ1n) is 4.78. The molecule has 78 valence electrons. The molecule has 0 atom stereocenters. The van der Waals surface area contributed by atoms with Crippen LogP contribution >= 0.6 is 0 Å². The highest BCUT2D eigenvalue weighted by molar-refractivity contribution is 7.90. The van der Waals surface area contributed by atoms with Crippen molar-refractivity contribution in [2.24, 2.45) is 0 Å². The van der Waals surface area contributed by atoms with Gasteiger partial charge in [-0.15, -0.1) is 0 Å². The van der Waals surface area contributed by atoms with E-state index >= 15 is 0 Å². The summed E-state index contributed by atoms with van der Waals surface area (Å²) < 4.78 is 25.0. The topological polar surface area (TPSA) is 52.0 Å². The average molecular weight is 222 g/mol. The van der Waals surface area contributed by atoms with Crippen LogP contribution in [-0.2, 0) is 22.1 Å². The van der Waals surface area contributed by atoms with E-state index in [2.05, 4.69) is 4.98 Å². The SMILES string of the molecule is O=S1(=O)CCn2c(cc3ccncc32)C1. The third-order valence-electron chi connectivity index (χ3n) is 2.79. The molecule has 0 bridgehead atoms. The number of rotatable bonds is 0. The second kappa shape index (κ2) is 2.82. The second-order valence-electron chi connectivity index (χ2n) is 3.81. The van der Waals surface area contributed by atoms with Gasteiger partial charge in [-0.2, -0.15) is 0 Å². The Kier molecular flexibility index (Phi) is 1.68. The zero-order valence-corrected chi connectivity index (χ0v) is 8.87. The molecule has 5 heteroatoms. The summed E-state index contributed by atoms with van der Waals surface area (Å²) in [7, 11) is -2.89. The maximum Gasteiger partial charge on any atom is 0.157 e. The maximum absolute atomic E-state index is 11.5. The van der Waals surface area contributed by atoms with Crippen LogP contribution in [0.3, 0.4) is 0 Å². The monoisotopic (exact) mass is 222 g/mol. The zero-order valence-electron chi connectivity index (χ0n) is 8.05. The molecule has 0 unspecified atom stereocenters. The van der Waals surface area contributed by atoms with Gasteiger partial charge in [0.15, 0.2) is 9.84 Å². The van der Waals surface area contributed by atoms with Gasteiger partial charge in [0.1, 0.15) is 0 Å². The van der Waals surface area contributed by atoms with E-state index < -0.39 is 9.84 Å². The molecule has 0 saturated heterocycles. The van der Waals surface area contributed by atoms with E-state index in [1.807, 2.05) is 16.7 Å². The van der Waals surface area contributed by atoms with Crippen molar-refractivity contribution in [3.63, 3.8) is 0 Å². The summed E-state index contributed by atoms with van der Waals surface area (Å²) in [4.78, 5) is 4.06. The number of hydrogen-bond acceptors (Lipinski definition) is 3. The van der Waals surface area contributed by atoms with Crippen LogP contribution in [0.2, 0.25) is 0 Å². The van der Waals surface area contributed by atoms with Crippen LogP contribution < -0.4 is 0 Å². The number of nitrogens with zero attached hydrogens (tertiary/aromatic N) is 2. The van der Waals surface area contributed by atoms with Gasteiger partial charge >= 0.3 is 0 Å². The van der Waals surface area contributed by atoms with Gasteiger partial charge in [0, 0.05) is 23.8 Å². The molecule has 2 aromatic heterocycles. The molecule has 15 heavy (non-hydrogen) atoms. The molecule has 0 aromatic carbocycles. The van der Waals surface area contributed by atoms with E-state index in [9.17, 15) is 8.42 Å². The maximum atomic E-state index is 11.5. The molecule has 3 heterocycles. The van der Waals surface area contributed by atoms with Gasteiger partial charge in [0.25, 0.3) is 0 Å². The number of aromatic nitrogens is 2. The van der Waals surface area contributed by atoms with Gasteiger partial charge in [0.2, 0.25) is 0 Å². The largest absolute Gasteiger partial charge is 0.341 e. The fraction of sp³-hybridized carbons (Fsp3) is 0.300. The predicted octanol–water partition coefficient (Wildman–Crippen LogP) is 0.965. The van der Waals surface area contributed by atoms with Gasteiger partial charge in [-0.25, -0.2) is 8.42 Å².